The van der Waals surface area contributed by atoms with Gasteiger partial charge in [-0.25, -0.2) is 0 Å². The summed E-state index contributed by atoms with van der Waals surface area (Å²) in [6, 6.07) is 5.24. The molecule has 18 heavy (non-hydrogen) atoms. The average molecular weight is 379 g/mol. The Bertz CT molecular complexity index is 441. The van der Waals surface area contributed by atoms with Crippen LogP contribution in [0.1, 0.15) is 32.8 Å². The van der Waals surface area contributed by atoms with E-state index in [4.69, 9.17) is 0 Å². The molecule has 0 heterocycles. The van der Waals surface area contributed by atoms with Gasteiger partial charge in [-0.1, -0.05) is 58.7 Å². The van der Waals surface area contributed by atoms with Crippen molar-refractivity contribution >= 4 is 37.5 Å². The number of benzene rings is 1. The molecule has 0 spiro atoms. The van der Waals surface area contributed by atoms with Crippen molar-refractivity contribution in [3.05, 3.63) is 38.3 Å². The van der Waals surface area contributed by atoms with Crippen LogP contribution in [-0.4, -0.2) is 9.75 Å². The Balaban J connectivity index is 2.82. The maximum atomic E-state index is 11.0. The number of hydrogen-bond donors (Lipinski definition) is 0. The quantitative estimate of drug-likeness (QED) is 0.415. The summed E-state index contributed by atoms with van der Waals surface area (Å²) >= 11 is 6.92. The van der Waals surface area contributed by atoms with Gasteiger partial charge in [0.1, 0.15) is 0 Å². The molecule has 100 valence electrons. The van der Waals surface area contributed by atoms with Gasteiger partial charge in [0.2, 0.25) is 0 Å². The van der Waals surface area contributed by atoms with Crippen molar-refractivity contribution in [1.82, 2.24) is 0 Å². The fourth-order valence-electron chi connectivity index (χ4n) is 1.63. The van der Waals surface area contributed by atoms with Crippen molar-refractivity contribution in [1.29, 1.82) is 0 Å². The van der Waals surface area contributed by atoms with Crippen molar-refractivity contribution in [2.75, 3.05) is 0 Å². The summed E-state index contributed by atoms with van der Waals surface area (Å²) in [6.45, 7) is 6.47. The van der Waals surface area contributed by atoms with Gasteiger partial charge < -0.3 is 0 Å². The van der Waals surface area contributed by atoms with Gasteiger partial charge in [0.05, 0.1) is 4.92 Å². The smallest absolute Gasteiger partial charge is 0.258 e. The summed E-state index contributed by atoms with van der Waals surface area (Å²) in [5, 5.41) is 11.0. The van der Waals surface area contributed by atoms with E-state index in [1.165, 1.54) is 0 Å². The molecule has 1 atom stereocenters. The van der Waals surface area contributed by atoms with Gasteiger partial charge in [-0.2, -0.15) is 0 Å². The third-order valence-electron chi connectivity index (χ3n) is 2.85. The van der Waals surface area contributed by atoms with Gasteiger partial charge in [-0.05, 0) is 24.3 Å². The third-order valence-corrected chi connectivity index (χ3v) is 5.18. The summed E-state index contributed by atoms with van der Waals surface area (Å²) in [5.74, 6) is 0. The zero-order valence-electron chi connectivity index (χ0n) is 10.7. The number of alkyl halides is 1. The predicted octanol–water partition coefficient (Wildman–Crippen LogP) is 5.10. The summed E-state index contributed by atoms with van der Waals surface area (Å²) in [7, 11) is 0. The zero-order chi connectivity index (χ0) is 13.9. The van der Waals surface area contributed by atoms with E-state index in [9.17, 15) is 10.1 Å². The first-order chi connectivity index (χ1) is 8.21. The van der Waals surface area contributed by atoms with E-state index in [0.29, 0.717) is 11.2 Å². The first-order valence-corrected chi connectivity index (χ1v) is 7.49. The zero-order valence-corrected chi connectivity index (χ0v) is 13.9. The lowest BCUT2D eigenvalue weighted by Crippen LogP contribution is -2.20. The molecular weight excluding hydrogens is 362 g/mol. The lowest BCUT2D eigenvalue weighted by atomic mass is 9.88. The minimum atomic E-state index is -0.319. The molecule has 5 heteroatoms. The van der Waals surface area contributed by atoms with Crippen LogP contribution in [0.5, 0.6) is 0 Å². The lowest BCUT2D eigenvalue weighted by Gasteiger charge is -2.25. The predicted molar refractivity (Wildman–Crippen MR) is 81.3 cm³/mol. The Morgan fingerprint density at radius 2 is 2.00 bits per heavy atom. The Morgan fingerprint density at radius 1 is 1.39 bits per heavy atom. The monoisotopic (exact) mass is 377 g/mol. The van der Waals surface area contributed by atoms with Crippen LogP contribution in [-0.2, 0) is 6.42 Å². The standard InChI is InChI=1S/C13H17Br2NO2/c1-13(2,3)12(15)7-5-9-4-6-10(14)8-11(9)16(17)18/h4,6,8,12H,5,7H2,1-3H3. The van der Waals surface area contributed by atoms with Crippen LogP contribution in [0.3, 0.4) is 0 Å². The topological polar surface area (TPSA) is 43.1 Å². The van der Waals surface area contributed by atoms with Gasteiger partial charge in [-0.15, -0.1) is 0 Å². The molecule has 1 aromatic rings. The first-order valence-electron chi connectivity index (χ1n) is 5.78. The second kappa shape index (κ2) is 6.15. The lowest BCUT2D eigenvalue weighted by molar-refractivity contribution is -0.385. The van der Waals surface area contributed by atoms with E-state index in [0.717, 1.165) is 16.5 Å². The van der Waals surface area contributed by atoms with E-state index < -0.39 is 0 Å². The van der Waals surface area contributed by atoms with Crippen LogP contribution >= 0.6 is 31.9 Å². The van der Waals surface area contributed by atoms with Crippen molar-refractivity contribution in [3.8, 4) is 0 Å². The minimum absolute atomic E-state index is 0.157. The molecule has 0 aliphatic carbocycles. The van der Waals surface area contributed by atoms with Crippen LogP contribution in [0.4, 0.5) is 5.69 Å². The van der Waals surface area contributed by atoms with E-state index in [2.05, 4.69) is 52.6 Å². The van der Waals surface area contributed by atoms with Gasteiger partial charge >= 0.3 is 0 Å². The number of rotatable bonds is 4. The Morgan fingerprint density at radius 3 is 2.50 bits per heavy atom. The molecular formula is C13H17Br2NO2. The Hall–Kier alpha value is -0.420. The molecule has 0 N–H and O–H groups in total. The SMILES string of the molecule is CC(C)(C)C(Br)CCc1ccc(Br)cc1[N+](=O)[O-]. The van der Waals surface area contributed by atoms with Crippen LogP contribution in [0.15, 0.2) is 22.7 Å². The molecule has 1 unspecified atom stereocenters. The van der Waals surface area contributed by atoms with Crippen LogP contribution in [0.2, 0.25) is 0 Å². The van der Waals surface area contributed by atoms with Crippen molar-refractivity contribution in [2.45, 2.75) is 38.4 Å². The highest BCUT2D eigenvalue weighted by atomic mass is 79.9. The molecule has 0 fully saturated rings. The van der Waals surface area contributed by atoms with E-state index in [1.807, 2.05) is 12.1 Å². The summed E-state index contributed by atoms with van der Waals surface area (Å²) < 4.78 is 0.740. The number of nitrogens with zero attached hydrogens (tertiary/aromatic N) is 1. The van der Waals surface area contributed by atoms with E-state index in [1.54, 1.807) is 6.07 Å². The van der Waals surface area contributed by atoms with Gasteiger partial charge in [0.25, 0.3) is 5.69 Å². The molecule has 0 aliphatic rings. The van der Waals surface area contributed by atoms with Crippen LogP contribution in [0, 0.1) is 15.5 Å². The normalized spacial score (nSPS) is 13.4. The Labute approximate surface area is 124 Å². The minimum Gasteiger partial charge on any atom is -0.258 e. The highest BCUT2D eigenvalue weighted by molar-refractivity contribution is 9.10. The van der Waals surface area contributed by atoms with E-state index >= 15 is 0 Å². The van der Waals surface area contributed by atoms with Gasteiger partial charge in [-0.3, -0.25) is 10.1 Å². The number of aryl methyl sites for hydroxylation is 1. The molecule has 0 aromatic heterocycles. The maximum Gasteiger partial charge on any atom is 0.273 e. The van der Waals surface area contributed by atoms with Crippen LogP contribution < -0.4 is 0 Å². The van der Waals surface area contributed by atoms with Crippen LogP contribution in [0.25, 0.3) is 0 Å². The Kier molecular flexibility index (Phi) is 5.34. The number of nitro groups is 1. The molecule has 0 bridgehead atoms. The molecule has 3 nitrogen and oxygen atoms in total. The summed E-state index contributed by atoms with van der Waals surface area (Å²) in [4.78, 5) is 11.0. The molecule has 0 saturated heterocycles. The molecule has 0 radical (unpaired) electrons. The number of nitro benzene ring substituents is 1. The second-order valence-corrected chi connectivity index (χ2v) is 7.42. The molecule has 1 rings (SSSR count). The second-order valence-electron chi connectivity index (χ2n) is 5.40. The highest BCUT2D eigenvalue weighted by Gasteiger charge is 2.23. The summed E-state index contributed by atoms with van der Waals surface area (Å²) in [5.41, 5.74) is 1.14. The molecule has 0 aliphatic heterocycles. The number of halogens is 2. The fraction of sp³-hybridized carbons (Fsp3) is 0.538. The third kappa shape index (κ3) is 4.35. The van der Waals surface area contributed by atoms with Gasteiger partial charge in [0, 0.05) is 20.9 Å². The largest absolute Gasteiger partial charge is 0.273 e. The fourth-order valence-corrected chi connectivity index (χ4v) is 2.21. The highest BCUT2D eigenvalue weighted by Crippen LogP contribution is 2.31. The van der Waals surface area contributed by atoms with Crippen molar-refractivity contribution in [3.63, 3.8) is 0 Å². The average Bonchev–Trinajstić information content (AvgIpc) is 2.25. The number of hydrogen-bond acceptors (Lipinski definition) is 2. The van der Waals surface area contributed by atoms with Gasteiger partial charge in [0.15, 0.2) is 0 Å². The summed E-state index contributed by atoms with van der Waals surface area (Å²) in [6.07, 6.45) is 1.59. The molecule has 0 saturated carbocycles. The van der Waals surface area contributed by atoms with Crippen molar-refractivity contribution < 1.29 is 4.92 Å². The van der Waals surface area contributed by atoms with E-state index in [-0.39, 0.29) is 16.0 Å². The molecule has 0 amide bonds. The first kappa shape index (κ1) is 15.6. The van der Waals surface area contributed by atoms with Crippen molar-refractivity contribution in [2.24, 2.45) is 5.41 Å². The maximum absolute atomic E-state index is 11.0. The molecule has 1 aromatic carbocycles.